The van der Waals surface area contributed by atoms with Crippen LogP contribution in [0.5, 0.6) is 0 Å². The van der Waals surface area contributed by atoms with E-state index in [4.69, 9.17) is 0 Å². The molecule has 1 aromatic carbocycles. The Morgan fingerprint density at radius 2 is 1.40 bits per heavy atom. The minimum Gasteiger partial charge on any atom is -0.744 e. The summed E-state index contributed by atoms with van der Waals surface area (Å²) in [4.78, 5) is 0.814. The van der Waals surface area contributed by atoms with Gasteiger partial charge in [0.1, 0.15) is 15.0 Å². The van der Waals surface area contributed by atoms with Gasteiger partial charge >= 0.3 is 0 Å². The van der Waals surface area contributed by atoms with Crippen molar-refractivity contribution in [1.82, 2.24) is 0 Å². The van der Waals surface area contributed by atoms with Crippen LogP contribution in [0, 0.1) is 0 Å². The van der Waals surface area contributed by atoms with Crippen molar-refractivity contribution < 1.29 is 17.9 Å². The lowest BCUT2D eigenvalue weighted by molar-refractivity contribution is -0.788. The van der Waals surface area contributed by atoms with Crippen LogP contribution < -0.4 is 4.90 Å². The van der Waals surface area contributed by atoms with E-state index >= 15 is 0 Å². The molecular formula is C20H35NO3S. The number of hydrogen-bond acceptors (Lipinski definition) is 3. The molecule has 0 aromatic heterocycles. The van der Waals surface area contributed by atoms with Gasteiger partial charge < -0.3 is 9.45 Å². The molecule has 0 aliphatic heterocycles. The van der Waals surface area contributed by atoms with Crippen LogP contribution in [0.25, 0.3) is 0 Å². The van der Waals surface area contributed by atoms with Gasteiger partial charge in [-0.25, -0.2) is 8.42 Å². The molecule has 25 heavy (non-hydrogen) atoms. The van der Waals surface area contributed by atoms with E-state index in [-0.39, 0.29) is 4.90 Å². The maximum Gasteiger partial charge on any atom is 0.151 e. The van der Waals surface area contributed by atoms with Crippen molar-refractivity contribution in [2.45, 2.75) is 82.4 Å². The molecule has 0 spiro atoms. The van der Waals surface area contributed by atoms with Gasteiger partial charge in [-0.3, -0.25) is 0 Å². The van der Waals surface area contributed by atoms with Crippen molar-refractivity contribution in [3.8, 4) is 0 Å². The van der Waals surface area contributed by atoms with Crippen molar-refractivity contribution in [1.29, 1.82) is 0 Å². The Balaban J connectivity index is 2.40. The highest BCUT2D eigenvalue weighted by atomic mass is 32.2. The second-order valence-corrected chi connectivity index (χ2v) is 8.52. The number of hydrogen-bond donors (Lipinski definition) is 1. The maximum absolute atomic E-state index is 11.5. The Hall–Kier alpha value is -0.910. The quantitative estimate of drug-likeness (QED) is 0.424. The van der Waals surface area contributed by atoms with Crippen molar-refractivity contribution >= 4 is 15.8 Å². The Morgan fingerprint density at radius 3 is 1.88 bits per heavy atom. The second kappa shape index (κ2) is 11.7. The largest absolute Gasteiger partial charge is 0.744 e. The predicted molar refractivity (Wildman–Crippen MR) is 102 cm³/mol. The fourth-order valence-corrected chi connectivity index (χ4v) is 4.19. The summed E-state index contributed by atoms with van der Waals surface area (Å²) < 4.78 is 34.5. The Kier molecular flexibility index (Phi) is 10.3. The molecule has 1 N–H and O–H groups in total. The van der Waals surface area contributed by atoms with Gasteiger partial charge in [0.15, 0.2) is 5.69 Å². The fraction of sp³-hybridized carbons (Fsp3) is 0.700. The molecule has 0 bridgehead atoms. The number of unbranched alkanes of at least 4 members (excludes halogenated alkanes) is 9. The van der Waals surface area contributed by atoms with Gasteiger partial charge in [0.25, 0.3) is 0 Å². The normalized spacial score (nSPS) is 12.0. The molecule has 0 saturated carbocycles. The molecular weight excluding hydrogens is 334 g/mol. The molecule has 1 aromatic rings. The lowest BCUT2D eigenvalue weighted by Gasteiger charge is -2.18. The fourth-order valence-electron chi connectivity index (χ4n) is 3.36. The average molecular weight is 370 g/mol. The van der Waals surface area contributed by atoms with E-state index in [1.54, 1.807) is 6.07 Å². The summed E-state index contributed by atoms with van der Waals surface area (Å²) in [5, 5.41) is 0. The summed E-state index contributed by atoms with van der Waals surface area (Å²) in [7, 11) is -0.690. The minimum atomic E-state index is -4.42. The Morgan fingerprint density at radius 1 is 0.880 bits per heavy atom. The first-order valence-corrected chi connectivity index (χ1v) is 11.2. The third kappa shape index (κ3) is 8.34. The van der Waals surface area contributed by atoms with E-state index in [9.17, 15) is 13.0 Å². The molecule has 0 atom stereocenters. The third-order valence-corrected chi connectivity index (χ3v) is 5.56. The van der Waals surface area contributed by atoms with Crippen molar-refractivity contribution in [3.05, 3.63) is 23.8 Å². The van der Waals surface area contributed by atoms with Crippen molar-refractivity contribution in [3.63, 3.8) is 0 Å². The van der Waals surface area contributed by atoms with Crippen LogP contribution in [0.2, 0.25) is 0 Å². The highest BCUT2D eigenvalue weighted by molar-refractivity contribution is 7.85. The lowest BCUT2D eigenvalue weighted by atomic mass is 10.0. The van der Waals surface area contributed by atoms with Gasteiger partial charge in [-0.15, -0.1) is 0 Å². The van der Waals surface area contributed by atoms with Gasteiger partial charge in [-0.2, -0.15) is 0 Å². The summed E-state index contributed by atoms with van der Waals surface area (Å²) in [6.45, 7) is 2.24. The maximum atomic E-state index is 11.5. The Labute approximate surface area is 154 Å². The summed E-state index contributed by atoms with van der Waals surface area (Å²) in [5.74, 6) is 0. The molecule has 5 heteroatoms. The van der Waals surface area contributed by atoms with E-state index in [1.165, 1.54) is 57.4 Å². The van der Waals surface area contributed by atoms with Crippen molar-refractivity contribution in [2.24, 2.45) is 0 Å². The van der Waals surface area contributed by atoms with E-state index in [1.807, 2.05) is 20.2 Å². The van der Waals surface area contributed by atoms with Crippen LogP contribution in [-0.2, 0) is 16.5 Å². The van der Waals surface area contributed by atoms with Crippen LogP contribution in [0.4, 0.5) is 5.69 Å². The van der Waals surface area contributed by atoms with Crippen LogP contribution in [-0.4, -0.2) is 27.1 Å². The third-order valence-electron chi connectivity index (χ3n) is 4.68. The first-order chi connectivity index (χ1) is 11.9. The highest BCUT2D eigenvalue weighted by Gasteiger charge is 2.18. The number of quaternary nitrogens is 1. The number of aryl methyl sites for hydroxylation is 1. The van der Waals surface area contributed by atoms with Gasteiger partial charge in [0, 0.05) is 5.56 Å². The molecule has 4 nitrogen and oxygen atoms in total. The second-order valence-electron chi connectivity index (χ2n) is 7.18. The van der Waals surface area contributed by atoms with E-state index < -0.39 is 10.1 Å². The summed E-state index contributed by atoms with van der Waals surface area (Å²) >= 11 is 0. The standard InChI is InChI=1S/C20H35NO3S/c1-4-5-6-7-8-9-10-11-12-13-15-18-16-14-17-19(25(22,23)24)20(18)21(2)3/h14,16-17H,4-13,15H2,1-3H3,(H,22,23,24). The predicted octanol–water partition coefficient (Wildman–Crippen LogP) is 3.83. The molecule has 1 rings (SSSR count). The lowest BCUT2D eigenvalue weighted by Crippen LogP contribution is -3.00. The van der Waals surface area contributed by atoms with Crippen LogP contribution >= 0.6 is 0 Å². The number of benzene rings is 1. The SMILES string of the molecule is CCCCCCCCCCCCc1cccc(S(=O)(=O)[O-])c1[NH+](C)C. The molecule has 0 amide bonds. The van der Waals surface area contributed by atoms with E-state index in [0.717, 1.165) is 29.7 Å². The molecule has 0 unspecified atom stereocenters. The molecule has 0 fully saturated rings. The Bertz CT molecular complexity index is 597. The molecule has 0 saturated heterocycles. The minimum absolute atomic E-state index is 0.0721. The van der Waals surface area contributed by atoms with Gasteiger partial charge in [-0.05, 0) is 18.9 Å². The van der Waals surface area contributed by atoms with Crippen LogP contribution in [0.1, 0.15) is 76.7 Å². The molecule has 0 radical (unpaired) electrons. The number of nitrogens with one attached hydrogen (secondary N) is 1. The molecule has 0 heterocycles. The zero-order chi connectivity index (χ0) is 18.7. The first-order valence-electron chi connectivity index (χ1n) is 9.76. The summed E-state index contributed by atoms with van der Waals surface area (Å²) in [5.41, 5.74) is 1.62. The number of rotatable bonds is 13. The average Bonchev–Trinajstić information content (AvgIpc) is 2.55. The summed E-state index contributed by atoms with van der Waals surface area (Å²) in [6.07, 6.45) is 13.6. The smallest absolute Gasteiger partial charge is 0.151 e. The van der Waals surface area contributed by atoms with Crippen molar-refractivity contribution in [2.75, 3.05) is 14.1 Å². The van der Waals surface area contributed by atoms with E-state index in [2.05, 4.69) is 6.92 Å². The summed E-state index contributed by atoms with van der Waals surface area (Å²) in [6, 6.07) is 5.06. The molecule has 0 aliphatic rings. The molecule has 144 valence electrons. The zero-order valence-corrected chi connectivity index (χ0v) is 17.0. The van der Waals surface area contributed by atoms with Crippen LogP contribution in [0.3, 0.4) is 0 Å². The monoisotopic (exact) mass is 369 g/mol. The van der Waals surface area contributed by atoms with Gasteiger partial charge in [0.05, 0.1) is 14.1 Å². The highest BCUT2D eigenvalue weighted by Crippen LogP contribution is 2.23. The topological polar surface area (TPSA) is 61.6 Å². The van der Waals surface area contributed by atoms with E-state index in [0.29, 0.717) is 5.69 Å². The number of para-hydroxylation sites is 1. The van der Waals surface area contributed by atoms with Gasteiger partial charge in [-0.1, -0.05) is 76.8 Å². The van der Waals surface area contributed by atoms with Crippen LogP contribution in [0.15, 0.2) is 23.1 Å². The molecule has 0 aliphatic carbocycles. The zero-order valence-electron chi connectivity index (χ0n) is 16.1. The van der Waals surface area contributed by atoms with Gasteiger partial charge in [0.2, 0.25) is 0 Å². The first kappa shape index (κ1) is 22.1.